The molecule has 0 atom stereocenters. The minimum absolute atomic E-state index is 0.159. The summed E-state index contributed by atoms with van der Waals surface area (Å²) in [5, 5.41) is 11.3. The Balaban J connectivity index is 1.14. The number of hydrogen-bond donors (Lipinski definition) is 4. The van der Waals surface area contributed by atoms with Crippen molar-refractivity contribution in [3.63, 3.8) is 0 Å². The monoisotopic (exact) mass is 582 g/mol. The molecule has 0 radical (unpaired) electrons. The van der Waals surface area contributed by atoms with Crippen LogP contribution < -0.4 is 21.3 Å². The molecule has 0 aliphatic rings. The summed E-state index contributed by atoms with van der Waals surface area (Å²) in [6, 6.07) is 38.9. The average Bonchev–Trinajstić information content (AvgIpc) is 3.02. The fourth-order valence-electron chi connectivity index (χ4n) is 4.50. The smallest absolute Gasteiger partial charge is 0.255 e. The van der Waals surface area contributed by atoms with Crippen molar-refractivity contribution in [2.45, 2.75) is 12.8 Å². The maximum atomic E-state index is 12.9. The highest BCUT2D eigenvalue weighted by Crippen LogP contribution is 2.19. The Kier molecular flexibility index (Phi) is 9.54. The van der Waals surface area contributed by atoms with E-state index in [1.54, 1.807) is 72.8 Å². The van der Waals surface area contributed by atoms with Crippen LogP contribution in [0.1, 0.15) is 31.8 Å². The molecule has 0 aliphatic carbocycles. The Hall–Kier alpha value is -6.02. The standard InChI is InChI=1S/C36H30N4O4/c41-33(21-25-9-3-1-4-10-25)37-29-13-7-15-31(23-29)39-35(43)27-17-19-28(20-18-27)36(44)40-32-16-8-14-30(24-32)38-34(42)22-26-11-5-2-6-12-26/h1-20,23-24H,21-22H2,(H,37,41)(H,38,42)(H,39,43)(H,40,44). The van der Waals surface area contributed by atoms with Crippen molar-refractivity contribution in [1.82, 2.24) is 0 Å². The second-order valence-electron chi connectivity index (χ2n) is 10.1. The third-order valence-corrected chi connectivity index (χ3v) is 6.63. The van der Waals surface area contributed by atoms with Gasteiger partial charge in [-0.05, 0) is 71.8 Å². The molecule has 0 saturated carbocycles. The first-order valence-corrected chi connectivity index (χ1v) is 14.0. The van der Waals surface area contributed by atoms with Crippen LogP contribution in [0.5, 0.6) is 0 Å². The summed E-state index contributed by atoms with van der Waals surface area (Å²) in [6.07, 6.45) is 0.488. The number of rotatable bonds is 10. The Morgan fingerprint density at radius 2 is 0.727 bits per heavy atom. The second-order valence-corrected chi connectivity index (χ2v) is 10.1. The van der Waals surface area contributed by atoms with Crippen molar-refractivity contribution < 1.29 is 19.2 Å². The lowest BCUT2D eigenvalue weighted by atomic mass is 10.1. The second kappa shape index (κ2) is 14.2. The largest absolute Gasteiger partial charge is 0.326 e. The zero-order valence-corrected chi connectivity index (χ0v) is 23.7. The summed E-state index contributed by atoms with van der Waals surface area (Å²) >= 11 is 0. The van der Waals surface area contributed by atoms with E-state index in [-0.39, 0.29) is 36.5 Å². The maximum absolute atomic E-state index is 12.9. The first-order chi connectivity index (χ1) is 21.4. The molecule has 44 heavy (non-hydrogen) atoms. The summed E-state index contributed by atoms with van der Waals surface area (Å²) < 4.78 is 0. The molecule has 0 unspecified atom stereocenters. The van der Waals surface area contributed by atoms with E-state index in [2.05, 4.69) is 21.3 Å². The quantitative estimate of drug-likeness (QED) is 0.149. The van der Waals surface area contributed by atoms with E-state index in [9.17, 15) is 19.2 Å². The average molecular weight is 583 g/mol. The fourth-order valence-corrected chi connectivity index (χ4v) is 4.50. The number of amides is 4. The van der Waals surface area contributed by atoms with Gasteiger partial charge in [-0.25, -0.2) is 0 Å². The van der Waals surface area contributed by atoms with Gasteiger partial charge in [-0.1, -0.05) is 72.8 Å². The predicted octanol–water partition coefficient (Wildman–Crippen LogP) is 6.55. The van der Waals surface area contributed by atoms with E-state index in [0.717, 1.165) is 11.1 Å². The number of nitrogens with one attached hydrogen (secondary N) is 4. The Labute approximate surface area is 255 Å². The van der Waals surface area contributed by atoms with E-state index in [0.29, 0.717) is 33.9 Å². The summed E-state index contributed by atoms with van der Waals surface area (Å²) in [4.78, 5) is 50.6. The molecule has 0 bridgehead atoms. The molecule has 4 amide bonds. The lowest BCUT2D eigenvalue weighted by Crippen LogP contribution is -2.16. The third kappa shape index (κ3) is 8.50. The molecule has 8 heteroatoms. The van der Waals surface area contributed by atoms with Gasteiger partial charge >= 0.3 is 0 Å². The van der Waals surface area contributed by atoms with Crippen LogP contribution in [0, 0.1) is 0 Å². The topological polar surface area (TPSA) is 116 Å². The minimum Gasteiger partial charge on any atom is -0.326 e. The summed E-state index contributed by atoms with van der Waals surface area (Å²) in [5.41, 5.74) is 4.71. The van der Waals surface area contributed by atoms with Crippen LogP contribution in [0.4, 0.5) is 22.7 Å². The lowest BCUT2D eigenvalue weighted by Gasteiger charge is -2.10. The highest BCUT2D eigenvalue weighted by atomic mass is 16.2. The molecule has 5 rings (SSSR count). The van der Waals surface area contributed by atoms with E-state index in [1.807, 2.05) is 60.7 Å². The molecule has 0 fully saturated rings. The van der Waals surface area contributed by atoms with E-state index < -0.39 is 0 Å². The summed E-state index contributed by atoms with van der Waals surface area (Å²) in [6.45, 7) is 0. The molecule has 5 aromatic carbocycles. The van der Waals surface area contributed by atoms with Gasteiger partial charge in [0.2, 0.25) is 11.8 Å². The molecule has 5 aromatic rings. The zero-order valence-electron chi connectivity index (χ0n) is 23.7. The Morgan fingerprint density at radius 1 is 0.386 bits per heavy atom. The number of benzene rings is 5. The van der Waals surface area contributed by atoms with Crippen LogP contribution in [0.25, 0.3) is 0 Å². The lowest BCUT2D eigenvalue weighted by molar-refractivity contribution is -0.116. The molecular weight excluding hydrogens is 552 g/mol. The molecule has 0 saturated heterocycles. The molecule has 0 aromatic heterocycles. The number of hydrogen-bond acceptors (Lipinski definition) is 4. The van der Waals surface area contributed by atoms with Crippen LogP contribution in [-0.2, 0) is 22.4 Å². The summed E-state index contributed by atoms with van der Waals surface area (Å²) in [7, 11) is 0. The Bertz CT molecular complexity index is 1640. The minimum atomic E-state index is -0.358. The van der Waals surface area contributed by atoms with Crippen LogP contribution in [0.15, 0.2) is 133 Å². The first kappa shape index (κ1) is 29.5. The van der Waals surface area contributed by atoms with Crippen molar-refractivity contribution in [3.05, 3.63) is 156 Å². The van der Waals surface area contributed by atoms with Gasteiger partial charge < -0.3 is 21.3 Å². The van der Waals surface area contributed by atoms with Crippen molar-refractivity contribution in [2.24, 2.45) is 0 Å². The van der Waals surface area contributed by atoms with Crippen LogP contribution in [0.3, 0.4) is 0 Å². The van der Waals surface area contributed by atoms with Gasteiger partial charge in [-0.3, -0.25) is 19.2 Å². The summed E-state index contributed by atoms with van der Waals surface area (Å²) in [5.74, 6) is -1.03. The Morgan fingerprint density at radius 3 is 1.09 bits per heavy atom. The molecule has 8 nitrogen and oxygen atoms in total. The van der Waals surface area contributed by atoms with Gasteiger partial charge in [0.25, 0.3) is 11.8 Å². The molecule has 0 spiro atoms. The molecule has 4 N–H and O–H groups in total. The molecule has 218 valence electrons. The van der Waals surface area contributed by atoms with Crippen LogP contribution in [0.2, 0.25) is 0 Å². The van der Waals surface area contributed by atoms with Crippen LogP contribution in [-0.4, -0.2) is 23.6 Å². The molecular formula is C36H30N4O4. The first-order valence-electron chi connectivity index (χ1n) is 14.0. The van der Waals surface area contributed by atoms with Gasteiger partial charge in [-0.15, -0.1) is 0 Å². The number of carbonyl (C=O) groups excluding carboxylic acids is 4. The predicted molar refractivity (Wildman–Crippen MR) is 173 cm³/mol. The van der Waals surface area contributed by atoms with Gasteiger partial charge in [0, 0.05) is 33.9 Å². The number of carbonyl (C=O) groups is 4. The van der Waals surface area contributed by atoms with E-state index >= 15 is 0 Å². The van der Waals surface area contributed by atoms with Crippen molar-refractivity contribution >= 4 is 46.4 Å². The molecule has 0 aliphatic heterocycles. The van der Waals surface area contributed by atoms with Gasteiger partial charge in [0.1, 0.15) is 0 Å². The van der Waals surface area contributed by atoms with E-state index in [4.69, 9.17) is 0 Å². The van der Waals surface area contributed by atoms with Crippen molar-refractivity contribution in [1.29, 1.82) is 0 Å². The third-order valence-electron chi connectivity index (χ3n) is 6.63. The SMILES string of the molecule is O=C(Cc1ccccc1)Nc1cccc(NC(=O)c2ccc(C(=O)Nc3cccc(NC(=O)Cc4ccccc4)c3)cc2)c1. The highest BCUT2D eigenvalue weighted by Gasteiger charge is 2.12. The van der Waals surface area contributed by atoms with E-state index in [1.165, 1.54) is 0 Å². The number of anilines is 4. The zero-order chi connectivity index (χ0) is 30.7. The van der Waals surface area contributed by atoms with Gasteiger partial charge in [0.15, 0.2) is 0 Å². The fraction of sp³-hybridized carbons (Fsp3) is 0.0556. The normalized spacial score (nSPS) is 10.4. The van der Waals surface area contributed by atoms with Gasteiger partial charge in [0.05, 0.1) is 12.8 Å². The van der Waals surface area contributed by atoms with Crippen LogP contribution >= 0.6 is 0 Å². The van der Waals surface area contributed by atoms with Gasteiger partial charge in [-0.2, -0.15) is 0 Å². The maximum Gasteiger partial charge on any atom is 0.255 e. The van der Waals surface area contributed by atoms with Crippen molar-refractivity contribution in [2.75, 3.05) is 21.3 Å². The highest BCUT2D eigenvalue weighted by molar-refractivity contribution is 6.07. The van der Waals surface area contributed by atoms with Crippen molar-refractivity contribution in [3.8, 4) is 0 Å². The molecule has 0 heterocycles.